The van der Waals surface area contributed by atoms with Crippen LogP contribution in [0.15, 0.2) is 33.6 Å². The maximum absolute atomic E-state index is 12.4. The smallest absolute Gasteiger partial charge is 0.327 e. The van der Waals surface area contributed by atoms with Gasteiger partial charge in [0.15, 0.2) is 6.61 Å². The molecule has 1 aromatic rings. The highest BCUT2D eigenvalue weighted by Gasteiger charge is 2.29. The van der Waals surface area contributed by atoms with E-state index in [1.807, 2.05) is 6.92 Å². The van der Waals surface area contributed by atoms with Crippen LogP contribution >= 0.6 is 15.9 Å². The first kappa shape index (κ1) is 22.8. The first-order valence-electron chi connectivity index (χ1n) is 9.13. The molecule has 1 saturated heterocycles. The summed E-state index contributed by atoms with van der Waals surface area (Å²) in [6, 6.07) is 4.44. The molecule has 2 rings (SSSR count). The highest BCUT2D eigenvalue weighted by molar-refractivity contribution is 9.10. The molecule has 2 atom stereocenters. The minimum absolute atomic E-state index is 0.0582. The van der Waals surface area contributed by atoms with Gasteiger partial charge in [-0.15, -0.1) is 0 Å². The predicted molar refractivity (Wildman–Crippen MR) is 106 cm³/mol. The molecule has 156 valence electrons. The molecular weight excluding hydrogens is 452 g/mol. The van der Waals surface area contributed by atoms with Crippen LogP contribution in [0.3, 0.4) is 0 Å². The number of aliphatic hydroxyl groups is 1. The van der Waals surface area contributed by atoms with E-state index in [1.54, 1.807) is 17.0 Å². The Labute approximate surface area is 173 Å². The lowest BCUT2D eigenvalue weighted by molar-refractivity contribution is -0.155. The standard InChI is InChI=1S/C18H25BrN2O6S/c1-2-14-5-3-4-10-21(14)17(23)12-27-18(24)16(11-22)20-28(25,26)15-8-6-13(19)7-9-15/h6-9,14,16,20,22H,2-5,10-12H2,1H3. The highest BCUT2D eigenvalue weighted by atomic mass is 79.9. The van der Waals surface area contributed by atoms with Crippen molar-refractivity contribution in [2.45, 2.75) is 49.6 Å². The Kier molecular flexibility index (Phi) is 8.41. The number of ether oxygens (including phenoxy) is 1. The van der Waals surface area contributed by atoms with Gasteiger partial charge in [-0.05, 0) is 49.9 Å². The molecule has 1 amide bonds. The molecule has 2 N–H and O–H groups in total. The number of sulfonamides is 1. The fourth-order valence-electron chi connectivity index (χ4n) is 3.10. The molecule has 0 bridgehead atoms. The minimum atomic E-state index is -4.03. The molecule has 0 radical (unpaired) electrons. The average Bonchev–Trinajstić information content (AvgIpc) is 2.70. The summed E-state index contributed by atoms with van der Waals surface area (Å²) in [6.45, 7) is 1.35. The number of carbonyl (C=O) groups is 2. The Balaban J connectivity index is 1.95. The summed E-state index contributed by atoms with van der Waals surface area (Å²) in [5.74, 6) is -1.31. The van der Waals surface area contributed by atoms with E-state index in [0.717, 1.165) is 25.7 Å². The number of esters is 1. The molecule has 8 nitrogen and oxygen atoms in total. The van der Waals surface area contributed by atoms with Gasteiger partial charge in [-0.2, -0.15) is 4.72 Å². The van der Waals surface area contributed by atoms with Gasteiger partial charge in [0.2, 0.25) is 10.0 Å². The molecule has 2 unspecified atom stereocenters. The molecule has 1 aromatic carbocycles. The number of nitrogens with zero attached hydrogens (tertiary/aromatic N) is 1. The number of hydrogen-bond donors (Lipinski definition) is 2. The second-order valence-electron chi connectivity index (χ2n) is 6.56. The van der Waals surface area contributed by atoms with Crippen LogP contribution in [0, 0.1) is 0 Å². The van der Waals surface area contributed by atoms with Crippen LogP contribution in [-0.4, -0.2) is 62.1 Å². The molecule has 1 aliphatic heterocycles. The number of halogens is 1. The normalized spacial score (nSPS) is 18.5. The van der Waals surface area contributed by atoms with Crippen LogP contribution in [0.2, 0.25) is 0 Å². The number of rotatable bonds is 8. The second kappa shape index (κ2) is 10.3. The van der Waals surface area contributed by atoms with Crippen LogP contribution in [0.5, 0.6) is 0 Å². The number of hydrogen-bond acceptors (Lipinski definition) is 6. The van der Waals surface area contributed by atoms with E-state index in [-0.39, 0.29) is 16.8 Å². The lowest BCUT2D eigenvalue weighted by Gasteiger charge is -2.35. The Bertz CT molecular complexity index is 784. The van der Waals surface area contributed by atoms with Gasteiger partial charge in [0.25, 0.3) is 5.91 Å². The first-order valence-corrected chi connectivity index (χ1v) is 11.4. The third-order valence-corrected chi connectivity index (χ3v) is 6.66. The van der Waals surface area contributed by atoms with Crippen LogP contribution in [0.25, 0.3) is 0 Å². The zero-order valence-corrected chi connectivity index (χ0v) is 18.0. The fraction of sp³-hybridized carbons (Fsp3) is 0.556. The minimum Gasteiger partial charge on any atom is -0.454 e. The third-order valence-electron chi connectivity index (χ3n) is 4.65. The Morgan fingerprint density at radius 2 is 2.00 bits per heavy atom. The van der Waals surface area contributed by atoms with Crippen molar-refractivity contribution in [1.29, 1.82) is 0 Å². The van der Waals surface area contributed by atoms with Gasteiger partial charge < -0.3 is 14.7 Å². The van der Waals surface area contributed by atoms with Gasteiger partial charge in [-0.3, -0.25) is 9.59 Å². The van der Waals surface area contributed by atoms with E-state index < -0.39 is 35.2 Å². The summed E-state index contributed by atoms with van der Waals surface area (Å²) in [5, 5.41) is 9.41. The van der Waals surface area contributed by atoms with Crippen LogP contribution in [-0.2, 0) is 24.3 Å². The molecule has 0 spiro atoms. The summed E-state index contributed by atoms with van der Waals surface area (Å²) < 4.78 is 32.5. The molecule has 1 aliphatic rings. The van der Waals surface area contributed by atoms with Crippen molar-refractivity contribution >= 4 is 37.8 Å². The van der Waals surface area contributed by atoms with E-state index in [1.165, 1.54) is 12.1 Å². The van der Waals surface area contributed by atoms with E-state index in [0.29, 0.717) is 11.0 Å². The van der Waals surface area contributed by atoms with Crippen molar-refractivity contribution in [3.05, 3.63) is 28.7 Å². The Hall–Kier alpha value is -1.49. The molecule has 0 aliphatic carbocycles. The maximum Gasteiger partial charge on any atom is 0.327 e. The zero-order valence-electron chi connectivity index (χ0n) is 15.6. The number of piperidine rings is 1. The monoisotopic (exact) mass is 476 g/mol. The van der Waals surface area contributed by atoms with E-state index >= 15 is 0 Å². The maximum atomic E-state index is 12.4. The lowest BCUT2D eigenvalue weighted by atomic mass is 10.00. The van der Waals surface area contributed by atoms with E-state index in [9.17, 15) is 23.1 Å². The largest absolute Gasteiger partial charge is 0.454 e. The SMILES string of the molecule is CCC1CCCCN1C(=O)COC(=O)C(CO)NS(=O)(=O)c1ccc(Br)cc1. The number of carbonyl (C=O) groups excluding carboxylic acids is 2. The lowest BCUT2D eigenvalue weighted by Crippen LogP contribution is -2.47. The van der Waals surface area contributed by atoms with Crippen molar-refractivity contribution < 1.29 is 27.9 Å². The summed E-state index contributed by atoms with van der Waals surface area (Å²) >= 11 is 3.21. The molecular formula is C18H25BrN2O6S. The van der Waals surface area contributed by atoms with Gasteiger partial charge >= 0.3 is 5.97 Å². The van der Waals surface area contributed by atoms with E-state index in [2.05, 4.69) is 20.7 Å². The van der Waals surface area contributed by atoms with Crippen molar-refractivity contribution in [2.24, 2.45) is 0 Å². The van der Waals surface area contributed by atoms with Crippen LogP contribution in [0.1, 0.15) is 32.6 Å². The average molecular weight is 477 g/mol. The van der Waals surface area contributed by atoms with E-state index in [4.69, 9.17) is 4.74 Å². The number of nitrogens with one attached hydrogen (secondary N) is 1. The van der Waals surface area contributed by atoms with Crippen molar-refractivity contribution in [2.75, 3.05) is 19.8 Å². The van der Waals surface area contributed by atoms with Gasteiger partial charge in [0.1, 0.15) is 6.04 Å². The molecule has 0 aromatic heterocycles. The van der Waals surface area contributed by atoms with Gasteiger partial charge in [0, 0.05) is 17.1 Å². The third kappa shape index (κ3) is 6.00. The quantitative estimate of drug-likeness (QED) is 0.548. The molecule has 1 heterocycles. The number of aliphatic hydroxyl groups excluding tert-OH is 1. The van der Waals surface area contributed by atoms with Gasteiger partial charge in [0.05, 0.1) is 11.5 Å². The Morgan fingerprint density at radius 1 is 1.32 bits per heavy atom. The predicted octanol–water partition coefficient (Wildman–Crippen LogP) is 1.42. The summed E-state index contributed by atoms with van der Waals surface area (Å²) in [6.07, 6.45) is 3.71. The molecule has 28 heavy (non-hydrogen) atoms. The molecule has 10 heteroatoms. The number of amides is 1. The second-order valence-corrected chi connectivity index (χ2v) is 9.19. The van der Waals surface area contributed by atoms with Crippen LogP contribution in [0.4, 0.5) is 0 Å². The summed E-state index contributed by atoms with van der Waals surface area (Å²) in [5.41, 5.74) is 0. The summed E-state index contributed by atoms with van der Waals surface area (Å²) in [4.78, 5) is 26.2. The van der Waals surface area contributed by atoms with Gasteiger partial charge in [-0.25, -0.2) is 8.42 Å². The topological polar surface area (TPSA) is 113 Å². The summed E-state index contributed by atoms with van der Waals surface area (Å²) in [7, 11) is -4.03. The van der Waals surface area contributed by atoms with Crippen molar-refractivity contribution in [1.82, 2.24) is 9.62 Å². The highest BCUT2D eigenvalue weighted by Crippen LogP contribution is 2.19. The fourth-order valence-corrected chi connectivity index (χ4v) is 4.54. The van der Waals surface area contributed by atoms with Crippen molar-refractivity contribution in [3.63, 3.8) is 0 Å². The van der Waals surface area contributed by atoms with Crippen LogP contribution < -0.4 is 4.72 Å². The Morgan fingerprint density at radius 3 is 2.61 bits per heavy atom. The number of benzene rings is 1. The van der Waals surface area contributed by atoms with Gasteiger partial charge in [-0.1, -0.05) is 22.9 Å². The zero-order chi connectivity index (χ0) is 20.7. The molecule has 0 saturated carbocycles. The first-order chi connectivity index (χ1) is 13.3. The number of likely N-dealkylation sites (tertiary alicyclic amines) is 1. The van der Waals surface area contributed by atoms with Crippen molar-refractivity contribution in [3.8, 4) is 0 Å². The molecule has 1 fully saturated rings.